The topological polar surface area (TPSA) is 93.7 Å². The number of carbonyl (C=O) groups is 2. The van der Waals surface area contributed by atoms with Crippen molar-refractivity contribution < 1.29 is 31.2 Å². The van der Waals surface area contributed by atoms with E-state index in [1.54, 1.807) is 30.3 Å². The maximum Gasteiger partial charge on any atom is 0.328 e. The minimum Gasteiger partial charge on any atom is -0.621 e. The number of hydrogen-bond acceptors (Lipinski definition) is 4. The number of aromatic nitrogens is 1. The van der Waals surface area contributed by atoms with E-state index < -0.39 is 17.9 Å². The van der Waals surface area contributed by atoms with Crippen LogP contribution in [0.15, 0.2) is 77.9 Å². The van der Waals surface area contributed by atoms with Crippen LogP contribution in [0.1, 0.15) is 34.1 Å². The second-order valence-corrected chi connectivity index (χ2v) is 6.51. The van der Waals surface area contributed by atoms with Gasteiger partial charge in [0.2, 0.25) is 0 Å². The number of pyridine rings is 1. The molecule has 0 aliphatic carbocycles. The largest absolute Gasteiger partial charge is 0.621 e. The number of aliphatic carboxylic acids is 1. The molecule has 1 atom stereocenters. The molecular formula is C23H20N3NiO3-. The fourth-order valence-corrected chi connectivity index (χ4v) is 2.73. The molecule has 156 valence electrons. The van der Waals surface area contributed by atoms with Crippen LogP contribution in [-0.4, -0.2) is 33.7 Å². The molecule has 0 fully saturated rings. The Kier molecular flexibility index (Phi) is 8.01. The number of carboxylic acids is 1. The molecule has 6 nitrogen and oxygen atoms in total. The summed E-state index contributed by atoms with van der Waals surface area (Å²) in [5, 5.41) is 13.6. The van der Waals surface area contributed by atoms with Gasteiger partial charge in [-0.2, -0.15) is 0 Å². The molecule has 0 bridgehead atoms. The molecule has 0 spiro atoms. The van der Waals surface area contributed by atoms with Gasteiger partial charge in [0.05, 0.1) is 11.4 Å². The van der Waals surface area contributed by atoms with Crippen LogP contribution in [0.5, 0.6) is 0 Å². The van der Waals surface area contributed by atoms with Crippen molar-refractivity contribution in [3.8, 4) is 0 Å². The summed E-state index contributed by atoms with van der Waals surface area (Å²) in [4.78, 5) is 32.5. The Morgan fingerprint density at radius 3 is 2.37 bits per heavy atom. The van der Waals surface area contributed by atoms with Crippen LogP contribution in [0.4, 0.5) is 5.69 Å². The van der Waals surface area contributed by atoms with Gasteiger partial charge in [-0.15, -0.1) is 5.69 Å². The molecule has 1 amide bonds. The van der Waals surface area contributed by atoms with Crippen molar-refractivity contribution in [2.45, 2.75) is 19.9 Å². The molecule has 30 heavy (non-hydrogen) atoms. The number of rotatable bonds is 6. The van der Waals surface area contributed by atoms with Crippen LogP contribution in [0.2, 0.25) is 0 Å². The minimum atomic E-state index is -1.03. The van der Waals surface area contributed by atoms with E-state index in [-0.39, 0.29) is 22.2 Å². The summed E-state index contributed by atoms with van der Waals surface area (Å²) in [6.45, 7) is 3.41. The summed E-state index contributed by atoms with van der Waals surface area (Å²) in [7, 11) is 0. The number of benzene rings is 2. The summed E-state index contributed by atoms with van der Waals surface area (Å²) < 4.78 is 0. The number of amides is 1. The molecule has 1 heterocycles. The number of hydrogen-bond donors (Lipinski definition) is 1. The molecule has 1 aromatic heterocycles. The monoisotopic (exact) mass is 444 g/mol. The molecule has 1 unspecified atom stereocenters. The van der Waals surface area contributed by atoms with Crippen LogP contribution in [-0.2, 0) is 21.3 Å². The Labute approximate surface area is 185 Å². The van der Waals surface area contributed by atoms with Crippen LogP contribution < -0.4 is 0 Å². The van der Waals surface area contributed by atoms with Gasteiger partial charge in [0.1, 0.15) is 11.9 Å². The first kappa shape index (κ1) is 23.0. The Bertz CT molecular complexity index is 1050. The summed E-state index contributed by atoms with van der Waals surface area (Å²) >= 11 is 0. The molecule has 0 saturated carbocycles. The number of nitrogens with zero attached hydrogens (tertiary/aromatic N) is 3. The van der Waals surface area contributed by atoms with Crippen LogP contribution >= 0.6 is 0 Å². The van der Waals surface area contributed by atoms with E-state index in [1.165, 1.54) is 13.1 Å². The van der Waals surface area contributed by atoms with Crippen molar-refractivity contribution in [3.05, 3.63) is 101 Å². The van der Waals surface area contributed by atoms with Gasteiger partial charge in [-0.05, 0) is 31.5 Å². The first-order valence-corrected chi connectivity index (χ1v) is 9.10. The number of carboxylic acid groups (broad SMARTS) is 1. The summed E-state index contributed by atoms with van der Waals surface area (Å²) in [5.74, 6) is -1.51. The summed E-state index contributed by atoms with van der Waals surface area (Å²) in [6.07, 6.45) is 1.53. The third-order valence-electron chi connectivity index (χ3n) is 4.24. The Morgan fingerprint density at radius 1 is 1.03 bits per heavy atom. The van der Waals surface area contributed by atoms with Gasteiger partial charge in [0.15, 0.2) is 0 Å². The molecule has 7 heteroatoms. The van der Waals surface area contributed by atoms with Crippen molar-refractivity contribution >= 4 is 23.3 Å². The van der Waals surface area contributed by atoms with Gasteiger partial charge >= 0.3 is 5.97 Å². The third-order valence-corrected chi connectivity index (χ3v) is 4.24. The molecule has 1 N–H and O–H groups in total. The zero-order valence-corrected chi connectivity index (χ0v) is 17.4. The fraction of sp³-hybridized carbons (Fsp3) is 0.130. The van der Waals surface area contributed by atoms with Crippen LogP contribution in [0.3, 0.4) is 0 Å². The van der Waals surface area contributed by atoms with Crippen molar-refractivity contribution in [2.75, 3.05) is 0 Å². The maximum atomic E-state index is 12.6. The van der Waals surface area contributed by atoms with Crippen molar-refractivity contribution in [1.29, 1.82) is 0 Å². The Balaban J connectivity index is 0.00000320. The molecule has 0 radical (unpaired) electrons. The van der Waals surface area contributed by atoms with E-state index >= 15 is 0 Å². The van der Waals surface area contributed by atoms with Gasteiger partial charge in [-0.1, -0.05) is 60.2 Å². The Morgan fingerprint density at radius 2 is 1.73 bits per heavy atom. The average Bonchev–Trinajstić information content (AvgIpc) is 2.73. The van der Waals surface area contributed by atoms with Gasteiger partial charge in [-0.25, -0.2) is 4.79 Å². The summed E-state index contributed by atoms with van der Waals surface area (Å²) in [5.41, 5.74) is 3.36. The maximum absolute atomic E-state index is 12.6. The molecule has 2 aromatic carbocycles. The van der Waals surface area contributed by atoms with E-state index in [0.29, 0.717) is 17.0 Å². The van der Waals surface area contributed by atoms with Crippen molar-refractivity contribution in [2.24, 2.45) is 4.99 Å². The third kappa shape index (κ3) is 5.61. The average molecular weight is 445 g/mol. The molecule has 0 saturated heterocycles. The number of carbonyl (C=O) groups excluding carboxylic acids is 1. The predicted octanol–water partition coefficient (Wildman–Crippen LogP) is 4.54. The normalized spacial score (nSPS) is 11.9. The molecule has 0 aliphatic heterocycles. The fourth-order valence-electron chi connectivity index (χ4n) is 2.73. The standard InChI is InChI=1S/C23H21N3O3.Ni/c1-15-11-12-18(20(14-15)26-22(27)19-10-6-7-13-24-19)21(25-16(2)23(28)29)17-8-4-3-5-9-17;/h3-14,16H,1-2H3,(H2,25,26,27,28,29);/p-1. The van der Waals surface area contributed by atoms with E-state index in [4.69, 9.17) is 0 Å². The van der Waals surface area contributed by atoms with Gasteiger partial charge in [0, 0.05) is 28.3 Å². The van der Waals surface area contributed by atoms with E-state index in [1.807, 2.05) is 43.3 Å². The summed E-state index contributed by atoms with van der Waals surface area (Å²) in [6, 6.07) is 18.8. The van der Waals surface area contributed by atoms with Crippen molar-refractivity contribution in [1.82, 2.24) is 4.98 Å². The first-order valence-electron chi connectivity index (χ1n) is 9.10. The van der Waals surface area contributed by atoms with E-state index in [2.05, 4.69) is 15.3 Å². The van der Waals surface area contributed by atoms with E-state index in [9.17, 15) is 14.7 Å². The van der Waals surface area contributed by atoms with Crippen LogP contribution in [0, 0.1) is 6.92 Å². The molecular weight excluding hydrogens is 425 g/mol. The van der Waals surface area contributed by atoms with Gasteiger partial charge in [0.25, 0.3) is 0 Å². The zero-order chi connectivity index (χ0) is 20.8. The van der Waals surface area contributed by atoms with Crippen molar-refractivity contribution in [3.63, 3.8) is 0 Å². The first-order chi connectivity index (χ1) is 14.0. The minimum absolute atomic E-state index is 0. The number of aliphatic imine (C=N–C) groups is 1. The smallest absolute Gasteiger partial charge is 0.328 e. The quantitative estimate of drug-likeness (QED) is 0.445. The second-order valence-electron chi connectivity index (χ2n) is 6.51. The second kappa shape index (κ2) is 10.5. The van der Waals surface area contributed by atoms with Gasteiger partial charge in [-0.3, -0.25) is 9.98 Å². The number of aryl methyl sites for hydroxylation is 1. The molecule has 3 aromatic rings. The SMILES string of the molecule is Cc1ccc(C(=NC(C)C(=O)O)c2ccccc2)c([N-]C(=O)c2ccccn2)c1.[Ni]. The van der Waals surface area contributed by atoms with E-state index in [0.717, 1.165) is 11.1 Å². The molecule has 3 rings (SSSR count). The predicted molar refractivity (Wildman–Crippen MR) is 112 cm³/mol. The molecule has 0 aliphatic rings. The Hall–Kier alpha value is -3.31. The van der Waals surface area contributed by atoms with Crippen LogP contribution in [0.25, 0.3) is 5.32 Å². The zero-order valence-electron chi connectivity index (χ0n) is 16.4. The van der Waals surface area contributed by atoms with Gasteiger partial charge < -0.3 is 15.2 Å².